The summed E-state index contributed by atoms with van der Waals surface area (Å²) in [7, 11) is 2.10. The minimum atomic E-state index is -0.312. The molecule has 2 aromatic rings. The average molecular weight is 328 g/mol. The normalized spacial score (nSPS) is 12.4. The van der Waals surface area contributed by atoms with Gasteiger partial charge in [-0.3, -0.25) is 9.48 Å². The summed E-state index contributed by atoms with van der Waals surface area (Å²) in [5.41, 5.74) is 4.31. The van der Waals surface area contributed by atoms with Crippen molar-refractivity contribution in [3.05, 3.63) is 52.8 Å². The molecular formula is C19H28N4O. The van der Waals surface area contributed by atoms with Crippen LogP contribution in [-0.4, -0.2) is 34.2 Å². The Bertz CT molecular complexity index is 692. The third-order valence-corrected chi connectivity index (χ3v) is 4.24. The number of carbonyl (C=O) groups is 1. The maximum atomic E-state index is 12.4. The molecule has 1 unspecified atom stereocenters. The summed E-state index contributed by atoms with van der Waals surface area (Å²) in [4.78, 5) is 14.7. The Labute approximate surface area is 144 Å². The summed E-state index contributed by atoms with van der Waals surface area (Å²) in [5, 5.41) is 7.41. The van der Waals surface area contributed by atoms with Crippen LogP contribution in [0.25, 0.3) is 0 Å². The van der Waals surface area contributed by atoms with E-state index in [1.54, 1.807) is 4.68 Å². The number of hydrogen-bond acceptors (Lipinski definition) is 3. The number of aryl methyl sites for hydroxylation is 2. The van der Waals surface area contributed by atoms with Gasteiger partial charge in [0.05, 0.1) is 5.69 Å². The van der Waals surface area contributed by atoms with Gasteiger partial charge in [-0.25, -0.2) is 0 Å². The largest absolute Gasteiger partial charge is 0.350 e. The molecular weight excluding hydrogens is 300 g/mol. The number of hydrogen-bond donors (Lipinski definition) is 1. The summed E-state index contributed by atoms with van der Waals surface area (Å²) in [5.74, 6) is -0.0164. The molecule has 1 N–H and O–H groups in total. The molecule has 0 saturated heterocycles. The van der Waals surface area contributed by atoms with Crippen LogP contribution in [0, 0.1) is 13.8 Å². The van der Waals surface area contributed by atoms with E-state index in [4.69, 9.17) is 0 Å². The standard InChI is InChI=1S/C19H28N4O/c1-6-22(5)13-18-9-7-8-17(11-18)12-20-19(24)16(4)23-15(3)10-14(2)21-23/h7-11,16H,6,12-13H2,1-5H3,(H,20,24). The quantitative estimate of drug-likeness (QED) is 0.850. The maximum Gasteiger partial charge on any atom is 0.244 e. The minimum Gasteiger partial charge on any atom is -0.350 e. The van der Waals surface area contributed by atoms with Gasteiger partial charge in [0.25, 0.3) is 0 Å². The molecule has 1 atom stereocenters. The molecule has 0 saturated carbocycles. The van der Waals surface area contributed by atoms with Gasteiger partial charge in [-0.15, -0.1) is 0 Å². The lowest BCUT2D eigenvalue weighted by molar-refractivity contribution is -0.124. The molecule has 0 aliphatic rings. The monoisotopic (exact) mass is 328 g/mol. The van der Waals surface area contributed by atoms with Gasteiger partial charge >= 0.3 is 0 Å². The number of carbonyl (C=O) groups excluding carboxylic acids is 1. The lowest BCUT2D eigenvalue weighted by Crippen LogP contribution is -2.31. The van der Waals surface area contributed by atoms with Crippen LogP contribution in [0.2, 0.25) is 0 Å². The van der Waals surface area contributed by atoms with Crippen molar-refractivity contribution in [2.75, 3.05) is 13.6 Å². The first-order valence-corrected chi connectivity index (χ1v) is 8.47. The molecule has 130 valence electrons. The summed E-state index contributed by atoms with van der Waals surface area (Å²) >= 11 is 0. The van der Waals surface area contributed by atoms with Crippen molar-refractivity contribution in [3.63, 3.8) is 0 Å². The van der Waals surface area contributed by atoms with E-state index in [1.165, 1.54) is 5.56 Å². The summed E-state index contributed by atoms with van der Waals surface area (Å²) in [6, 6.07) is 10.0. The molecule has 1 amide bonds. The lowest BCUT2D eigenvalue weighted by Gasteiger charge is -2.16. The molecule has 5 nitrogen and oxygen atoms in total. The predicted octanol–water partition coefficient (Wildman–Crippen LogP) is 2.83. The average Bonchev–Trinajstić information content (AvgIpc) is 2.90. The van der Waals surface area contributed by atoms with Gasteiger partial charge in [-0.05, 0) is 51.6 Å². The fourth-order valence-electron chi connectivity index (χ4n) is 2.75. The highest BCUT2D eigenvalue weighted by atomic mass is 16.2. The molecule has 0 aliphatic heterocycles. The fourth-order valence-corrected chi connectivity index (χ4v) is 2.75. The van der Waals surface area contributed by atoms with Crippen LogP contribution in [0.15, 0.2) is 30.3 Å². The van der Waals surface area contributed by atoms with E-state index < -0.39 is 0 Å². The first-order valence-electron chi connectivity index (χ1n) is 8.47. The van der Waals surface area contributed by atoms with Crippen LogP contribution in [0.3, 0.4) is 0 Å². The molecule has 24 heavy (non-hydrogen) atoms. The molecule has 1 heterocycles. The number of aromatic nitrogens is 2. The van der Waals surface area contributed by atoms with Crippen LogP contribution in [0.5, 0.6) is 0 Å². The topological polar surface area (TPSA) is 50.2 Å². The van der Waals surface area contributed by atoms with Crippen molar-refractivity contribution >= 4 is 5.91 Å². The number of nitrogens with one attached hydrogen (secondary N) is 1. The Morgan fingerprint density at radius 1 is 1.29 bits per heavy atom. The van der Waals surface area contributed by atoms with E-state index in [0.29, 0.717) is 6.54 Å². The third kappa shape index (κ3) is 4.68. The minimum absolute atomic E-state index is 0.0164. The van der Waals surface area contributed by atoms with Crippen molar-refractivity contribution < 1.29 is 4.79 Å². The van der Waals surface area contributed by atoms with Crippen LogP contribution in [0.4, 0.5) is 0 Å². The SMILES string of the molecule is CCN(C)Cc1cccc(CNC(=O)C(C)n2nc(C)cc2C)c1. The smallest absolute Gasteiger partial charge is 0.244 e. The molecule has 2 rings (SSSR count). The maximum absolute atomic E-state index is 12.4. The van der Waals surface area contributed by atoms with Crippen LogP contribution in [0.1, 0.15) is 42.4 Å². The lowest BCUT2D eigenvalue weighted by atomic mass is 10.1. The fraction of sp³-hybridized carbons (Fsp3) is 0.474. The zero-order chi connectivity index (χ0) is 17.7. The van der Waals surface area contributed by atoms with E-state index in [1.807, 2.05) is 39.0 Å². The molecule has 0 spiro atoms. The molecule has 0 bridgehead atoms. The molecule has 0 aliphatic carbocycles. The van der Waals surface area contributed by atoms with Gasteiger partial charge in [0.1, 0.15) is 6.04 Å². The van der Waals surface area contributed by atoms with Crippen LogP contribution < -0.4 is 5.32 Å². The van der Waals surface area contributed by atoms with E-state index in [-0.39, 0.29) is 11.9 Å². The Hall–Kier alpha value is -2.14. The second kappa shape index (κ2) is 8.11. The van der Waals surface area contributed by atoms with Crippen molar-refractivity contribution in [2.24, 2.45) is 0 Å². The van der Waals surface area contributed by atoms with Crippen molar-refractivity contribution in [2.45, 2.75) is 46.8 Å². The zero-order valence-corrected chi connectivity index (χ0v) is 15.3. The number of nitrogens with zero attached hydrogens (tertiary/aromatic N) is 3. The van der Waals surface area contributed by atoms with E-state index in [2.05, 4.69) is 41.4 Å². The molecule has 1 aromatic heterocycles. The Morgan fingerprint density at radius 3 is 2.62 bits per heavy atom. The van der Waals surface area contributed by atoms with E-state index >= 15 is 0 Å². The van der Waals surface area contributed by atoms with Gasteiger partial charge in [0.15, 0.2) is 0 Å². The highest BCUT2D eigenvalue weighted by Crippen LogP contribution is 2.12. The van der Waals surface area contributed by atoms with Crippen LogP contribution >= 0.6 is 0 Å². The summed E-state index contributed by atoms with van der Waals surface area (Å²) < 4.78 is 1.78. The highest BCUT2D eigenvalue weighted by molar-refractivity contribution is 5.79. The predicted molar refractivity (Wildman–Crippen MR) is 96.7 cm³/mol. The first-order chi connectivity index (χ1) is 11.4. The Morgan fingerprint density at radius 2 is 2.00 bits per heavy atom. The van der Waals surface area contributed by atoms with Gasteiger partial charge in [0.2, 0.25) is 5.91 Å². The first kappa shape index (κ1) is 18.2. The van der Waals surface area contributed by atoms with Crippen molar-refractivity contribution in [1.29, 1.82) is 0 Å². The molecule has 0 fully saturated rings. The third-order valence-electron chi connectivity index (χ3n) is 4.24. The summed E-state index contributed by atoms with van der Waals surface area (Å²) in [6.45, 7) is 10.4. The van der Waals surface area contributed by atoms with Crippen LogP contribution in [-0.2, 0) is 17.9 Å². The van der Waals surface area contributed by atoms with Gasteiger partial charge in [-0.1, -0.05) is 31.2 Å². The highest BCUT2D eigenvalue weighted by Gasteiger charge is 2.17. The second-order valence-electron chi connectivity index (χ2n) is 6.42. The second-order valence-corrected chi connectivity index (χ2v) is 6.42. The van der Waals surface area contributed by atoms with Crippen molar-refractivity contribution in [3.8, 4) is 0 Å². The Kier molecular flexibility index (Phi) is 6.15. The van der Waals surface area contributed by atoms with Gasteiger partial charge < -0.3 is 10.2 Å². The number of amides is 1. The molecule has 0 radical (unpaired) electrons. The van der Waals surface area contributed by atoms with E-state index in [9.17, 15) is 4.79 Å². The van der Waals surface area contributed by atoms with Gasteiger partial charge in [0, 0.05) is 18.8 Å². The zero-order valence-electron chi connectivity index (χ0n) is 15.3. The van der Waals surface area contributed by atoms with Crippen molar-refractivity contribution in [1.82, 2.24) is 20.0 Å². The Balaban J connectivity index is 1.96. The summed E-state index contributed by atoms with van der Waals surface area (Å²) in [6.07, 6.45) is 0. The van der Waals surface area contributed by atoms with Gasteiger partial charge in [-0.2, -0.15) is 5.10 Å². The van der Waals surface area contributed by atoms with E-state index in [0.717, 1.165) is 30.0 Å². The number of benzene rings is 1. The number of rotatable bonds is 7. The molecule has 5 heteroatoms. The molecule has 1 aromatic carbocycles.